The second kappa shape index (κ2) is 7.66. The Kier molecular flexibility index (Phi) is 5.88. The van der Waals surface area contributed by atoms with Crippen LogP contribution < -0.4 is 10.2 Å². The Morgan fingerprint density at radius 1 is 1.38 bits per heavy atom. The molecule has 1 aromatic carbocycles. The number of halogens is 1. The molecule has 1 fully saturated rings. The Bertz CT molecular complexity index is 486. The molecule has 0 aliphatic carbocycles. The predicted molar refractivity (Wildman–Crippen MR) is 87.9 cm³/mol. The van der Waals surface area contributed by atoms with E-state index in [0.29, 0.717) is 11.6 Å². The quantitative estimate of drug-likeness (QED) is 0.877. The molecule has 0 radical (unpaired) electrons. The van der Waals surface area contributed by atoms with Crippen molar-refractivity contribution in [1.29, 1.82) is 0 Å². The minimum atomic E-state index is 0.198. The summed E-state index contributed by atoms with van der Waals surface area (Å²) in [6.07, 6.45) is 2.25. The van der Waals surface area contributed by atoms with E-state index in [1.165, 1.54) is 0 Å². The Morgan fingerprint density at radius 3 is 2.76 bits per heavy atom. The van der Waals surface area contributed by atoms with Gasteiger partial charge in [-0.1, -0.05) is 24.6 Å². The highest BCUT2D eigenvalue weighted by Crippen LogP contribution is 2.24. The average Bonchev–Trinajstić information content (AvgIpc) is 3.00. The Labute approximate surface area is 132 Å². The van der Waals surface area contributed by atoms with E-state index in [0.717, 1.165) is 50.3 Å². The summed E-state index contributed by atoms with van der Waals surface area (Å²) in [5, 5.41) is 4.02. The first-order chi connectivity index (χ1) is 10.1. The summed E-state index contributed by atoms with van der Waals surface area (Å²) in [5.74, 6) is 0.198. The minimum Gasteiger partial charge on any atom is -0.365 e. The fourth-order valence-electron chi connectivity index (χ4n) is 2.66. The van der Waals surface area contributed by atoms with Crippen molar-refractivity contribution in [2.45, 2.75) is 26.3 Å². The summed E-state index contributed by atoms with van der Waals surface area (Å²) in [6.45, 7) is 5.97. The van der Waals surface area contributed by atoms with Crippen LogP contribution in [0, 0.1) is 0 Å². The van der Waals surface area contributed by atoms with Gasteiger partial charge in [0.1, 0.15) is 0 Å². The van der Waals surface area contributed by atoms with Crippen LogP contribution in [0.2, 0.25) is 5.02 Å². The van der Waals surface area contributed by atoms with E-state index >= 15 is 0 Å². The van der Waals surface area contributed by atoms with Gasteiger partial charge in [0.25, 0.3) is 0 Å². The molecule has 1 N–H and O–H groups in total. The minimum absolute atomic E-state index is 0.198. The van der Waals surface area contributed by atoms with Crippen molar-refractivity contribution in [1.82, 2.24) is 10.2 Å². The number of nitrogens with one attached hydrogen (secondary N) is 1. The van der Waals surface area contributed by atoms with E-state index in [2.05, 4.69) is 12.2 Å². The number of hydrogen-bond acceptors (Lipinski definition) is 3. The van der Waals surface area contributed by atoms with Gasteiger partial charge in [0.15, 0.2) is 0 Å². The van der Waals surface area contributed by atoms with E-state index in [-0.39, 0.29) is 5.91 Å². The molecule has 1 saturated heterocycles. The lowest BCUT2D eigenvalue weighted by molar-refractivity contribution is -0.128. The van der Waals surface area contributed by atoms with Crippen molar-refractivity contribution in [3.05, 3.63) is 28.8 Å². The van der Waals surface area contributed by atoms with Crippen LogP contribution in [0.3, 0.4) is 0 Å². The van der Waals surface area contributed by atoms with E-state index in [1.54, 1.807) is 0 Å². The number of benzene rings is 1. The molecular weight excluding hydrogens is 286 g/mol. The van der Waals surface area contributed by atoms with Crippen LogP contribution >= 0.6 is 11.6 Å². The lowest BCUT2D eigenvalue weighted by atomic mass is 10.1. The molecule has 2 rings (SSSR count). The number of hydrogen-bond donors (Lipinski definition) is 1. The highest BCUT2D eigenvalue weighted by atomic mass is 35.5. The fourth-order valence-corrected chi connectivity index (χ4v) is 2.82. The molecule has 0 aromatic heterocycles. The first kappa shape index (κ1) is 16.1. The van der Waals surface area contributed by atoms with Gasteiger partial charge in [0.05, 0.1) is 6.54 Å². The van der Waals surface area contributed by atoms with Gasteiger partial charge in [-0.05, 0) is 37.1 Å². The van der Waals surface area contributed by atoms with Gasteiger partial charge >= 0.3 is 0 Å². The molecule has 5 heteroatoms. The smallest absolute Gasteiger partial charge is 0.242 e. The lowest BCUT2D eigenvalue weighted by Crippen LogP contribution is -2.37. The van der Waals surface area contributed by atoms with Gasteiger partial charge in [-0.2, -0.15) is 0 Å². The monoisotopic (exact) mass is 309 g/mol. The number of carbonyl (C=O) groups is 1. The van der Waals surface area contributed by atoms with Crippen LogP contribution in [-0.4, -0.2) is 44.0 Å². The fraction of sp³-hybridized carbons (Fsp3) is 0.562. The zero-order valence-electron chi connectivity index (χ0n) is 12.9. The summed E-state index contributed by atoms with van der Waals surface area (Å²) >= 11 is 6.12. The number of likely N-dealkylation sites (N-methyl/N-ethyl adjacent to an activating group) is 1. The van der Waals surface area contributed by atoms with Gasteiger partial charge in [-0.15, -0.1) is 0 Å². The van der Waals surface area contributed by atoms with Crippen LogP contribution in [0.15, 0.2) is 18.2 Å². The standard InChI is InChI=1S/C16H24ClN3O/c1-3-18-11-13-6-7-14(17)10-15(13)19(2)12-16(21)20-8-4-5-9-20/h6-7,10,18H,3-5,8-9,11-12H2,1-2H3. The highest BCUT2D eigenvalue weighted by molar-refractivity contribution is 6.30. The van der Waals surface area contributed by atoms with E-state index in [4.69, 9.17) is 11.6 Å². The summed E-state index contributed by atoms with van der Waals surface area (Å²) in [7, 11) is 1.95. The van der Waals surface area contributed by atoms with Gasteiger partial charge in [-0.3, -0.25) is 4.79 Å². The zero-order valence-corrected chi connectivity index (χ0v) is 13.6. The lowest BCUT2D eigenvalue weighted by Gasteiger charge is -2.25. The second-order valence-electron chi connectivity index (χ2n) is 5.50. The number of likely N-dealkylation sites (tertiary alicyclic amines) is 1. The molecule has 0 spiro atoms. The molecule has 1 aliphatic heterocycles. The molecular formula is C16H24ClN3O. The molecule has 1 aliphatic rings. The Balaban J connectivity index is 2.07. The molecule has 1 heterocycles. The van der Waals surface area contributed by atoms with Crippen molar-refractivity contribution >= 4 is 23.2 Å². The summed E-state index contributed by atoms with van der Waals surface area (Å²) in [6, 6.07) is 5.86. The molecule has 0 saturated carbocycles. The zero-order chi connectivity index (χ0) is 15.2. The molecule has 0 unspecified atom stereocenters. The maximum atomic E-state index is 12.3. The summed E-state index contributed by atoms with van der Waals surface area (Å²) < 4.78 is 0. The van der Waals surface area contributed by atoms with E-state index in [1.807, 2.05) is 35.0 Å². The van der Waals surface area contributed by atoms with Crippen molar-refractivity contribution in [3.63, 3.8) is 0 Å². The third-order valence-electron chi connectivity index (χ3n) is 3.86. The van der Waals surface area contributed by atoms with Crippen molar-refractivity contribution < 1.29 is 4.79 Å². The first-order valence-electron chi connectivity index (χ1n) is 7.60. The number of nitrogens with zero attached hydrogens (tertiary/aromatic N) is 2. The van der Waals surface area contributed by atoms with Gasteiger partial charge < -0.3 is 15.1 Å². The predicted octanol–water partition coefficient (Wildman–Crippen LogP) is 2.51. The van der Waals surface area contributed by atoms with Crippen LogP contribution in [0.5, 0.6) is 0 Å². The Morgan fingerprint density at radius 2 is 2.10 bits per heavy atom. The molecule has 0 bridgehead atoms. The number of rotatable bonds is 6. The van der Waals surface area contributed by atoms with Crippen LogP contribution in [-0.2, 0) is 11.3 Å². The number of carbonyl (C=O) groups excluding carboxylic acids is 1. The summed E-state index contributed by atoms with van der Waals surface area (Å²) in [5.41, 5.74) is 2.19. The topological polar surface area (TPSA) is 35.6 Å². The third-order valence-corrected chi connectivity index (χ3v) is 4.09. The maximum absolute atomic E-state index is 12.3. The third kappa shape index (κ3) is 4.35. The number of amides is 1. The Hall–Kier alpha value is -1.26. The van der Waals surface area contributed by atoms with Crippen LogP contribution in [0.25, 0.3) is 0 Å². The van der Waals surface area contributed by atoms with Crippen LogP contribution in [0.4, 0.5) is 5.69 Å². The average molecular weight is 310 g/mol. The summed E-state index contributed by atoms with van der Waals surface area (Å²) in [4.78, 5) is 16.2. The van der Waals surface area contributed by atoms with Crippen LogP contribution in [0.1, 0.15) is 25.3 Å². The van der Waals surface area contributed by atoms with Crippen molar-refractivity contribution in [3.8, 4) is 0 Å². The number of anilines is 1. The first-order valence-corrected chi connectivity index (χ1v) is 7.97. The SMILES string of the molecule is CCNCc1ccc(Cl)cc1N(C)CC(=O)N1CCCC1. The molecule has 21 heavy (non-hydrogen) atoms. The highest BCUT2D eigenvalue weighted by Gasteiger charge is 2.20. The van der Waals surface area contributed by atoms with Gasteiger partial charge in [-0.25, -0.2) is 0 Å². The van der Waals surface area contributed by atoms with Crippen molar-refractivity contribution in [2.24, 2.45) is 0 Å². The normalized spacial score (nSPS) is 14.5. The second-order valence-corrected chi connectivity index (χ2v) is 5.93. The van der Waals surface area contributed by atoms with Crippen molar-refractivity contribution in [2.75, 3.05) is 38.1 Å². The molecule has 0 atom stereocenters. The van der Waals surface area contributed by atoms with E-state index in [9.17, 15) is 4.79 Å². The molecule has 1 aromatic rings. The molecule has 1 amide bonds. The largest absolute Gasteiger partial charge is 0.365 e. The van der Waals surface area contributed by atoms with Gasteiger partial charge in [0, 0.05) is 37.4 Å². The molecule has 116 valence electrons. The molecule has 4 nitrogen and oxygen atoms in total. The maximum Gasteiger partial charge on any atom is 0.242 e. The van der Waals surface area contributed by atoms with E-state index < -0.39 is 0 Å². The van der Waals surface area contributed by atoms with Gasteiger partial charge in [0.2, 0.25) is 5.91 Å².